The molecule has 2 aliphatic rings. The molecule has 1 aliphatic heterocycles. The van der Waals surface area contributed by atoms with E-state index in [1.54, 1.807) is 0 Å². The third-order valence-corrected chi connectivity index (χ3v) is 5.39. The van der Waals surface area contributed by atoms with E-state index in [2.05, 4.69) is 58.8 Å². The first kappa shape index (κ1) is 15.8. The molecule has 0 saturated heterocycles. The lowest BCUT2D eigenvalue weighted by Crippen LogP contribution is -2.24. The molecule has 26 heavy (non-hydrogen) atoms. The van der Waals surface area contributed by atoms with E-state index in [9.17, 15) is 0 Å². The summed E-state index contributed by atoms with van der Waals surface area (Å²) in [6.45, 7) is 2.84. The Hall–Kier alpha value is -2.40. The van der Waals surface area contributed by atoms with Gasteiger partial charge in [0.15, 0.2) is 5.82 Å². The highest BCUT2D eigenvalue weighted by Gasteiger charge is 2.30. The molecule has 5 heteroatoms. The van der Waals surface area contributed by atoms with Crippen molar-refractivity contribution in [2.45, 2.75) is 50.6 Å². The van der Waals surface area contributed by atoms with Gasteiger partial charge < -0.3 is 9.26 Å². The molecule has 1 aliphatic carbocycles. The first-order chi connectivity index (χ1) is 12.8. The second-order valence-electron chi connectivity index (χ2n) is 7.40. The Labute approximate surface area is 152 Å². The highest BCUT2D eigenvalue weighted by molar-refractivity contribution is 5.89. The summed E-state index contributed by atoms with van der Waals surface area (Å²) in [5.41, 5.74) is 1.22. The Kier molecular flexibility index (Phi) is 3.89. The van der Waals surface area contributed by atoms with E-state index in [0.717, 1.165) is 31.0 Å². The molecule has 0 radical (unpaired) electrons. The van der Waals surface area contributed by atoms with Crippen molar-refractivity contribution >= 4 is 10.8 Å². The van der Waals surface area contributed by atoms with E-state index in [4.69, 9.17) is 9.26 Å². The molecule has 1 saturated carbocycles. The summed E-state index contributed by atoms with van der Waals surface area (Å²) in [7, 11) is 0. The molecule has 3 aromatic rings. The third kappa shape index (κ3) is 2.86. The van der Waals surface area contributed by atoms with Crippen LogP contribution in [-0.4, -0.2) is 16.7 Å². The normalized spacial score (nSPS) is 21.0. The fourth-order valence-electron chi connectivity index (χ4n) is 3.79. The number of nitrogens with one attached hydrogen (secondary N) is 1. The van der Waals surface area contributed by atoms with E-state index in [0.29, 0.717) is 11.8 Å². The van der Waals surface area contributed by atoms with Crippen LogP contribution in [0.4, 0.5) is 0 Å². The van der Waals surface area contributed by atoms with Crippen molar-refractivity contribution in [2.75, 3.05) is 6.61 Å². The average Bonchev–Trinajstić information content (AvgIpc) is 3.44. The van der Waals surface area contributed by atoms with Crippen LogP contribution >= 0.6 is 0 Å². The first-order valence-electron chi connectivity index (χ1n) is 9.53. The highest BCUT2D eigenvalue weighted by Crippen LogP contribution is 2.40. The van der Waals surface area contributed by atoms with Crippen molar-refractivity contribution in [1.82, 2.24) is 15.5 Å². The lowest BCUT2D eigenvalue weighted by molar-refractivity contribution is 0.308. The second kappa shape index (κ2) is 6.40. The molecule has 0 spiro atoms. The second-order valence-corrected chi connectivity index (χ2v) is 7.40. The lowest BCUT2D eigenvalue weighted by atomic mass is 9.97. The molecule has 1 N–H and O–H groups in total. The molecule has 0 bridgehead atoms. The average molecular weight is 349 g/mol. The molecular formula is C21H23N3O2. The van der Waals surface area contributed by atoms with Gasteiger partial charge >= 0.3 is 0 Å². The van der Waals surface area contributed by atoms with E-state index in [1.807, 2.05) is 0 Å². The van der Waals surface area contributed by atoms with Crippen LogP contribution in [0.25, 0.3) is 10.8 Å². The third-order valence-electron chi connectivity index (χ3n) is 5.39. The minimum atomic E-state index is 0.0115. The van der Waals surface area contributed by atoms with Gasteiger partial charge in [-0.1, -0.05) is 41.6 Å². The minimum Gasteiger partial charge on any atom is -0.493 e. The Bertz CT molecular complexity index is 932. The van der Waals surface area contributed by atoms with Crippen molar-refractivity contribution in [3.8, 4) is 5.75 Å². The van der Waals surface area contributed by atoms with Crippen LogP contribution < -0.4 is 10.1 Å². The maximum absolute atomic E-state index is 6.13. The van der Waals surface area contributed by atoms with Gasteiger partial charge in [-0.3, -0.25) is 5.32 Å². The molecule has 5 rings (SSSR count). The monoisotopic (exact) mass is 349 g/mol. The summed E-state index contributed by atoms with van der Waals surface area (Å²) in [5, 5.41) is 10.2. The fourth-order valence-corrected chi connectivity index (χ4v) is 3.79. The van der Waals surface area contributed by atoms with Crippen LogP contribution in [-0.2, 0) is 0 Å². The van der Waals surface area contributed by atoms with Gasteiger partial charge in [-0.2, -0.15) is 4.98 Å². The van der Waals surface area contributed by atoms with E-state index in [-0.39, 0.29) is 12.1 Å². The van der Waals surface area contributed by atoms with Gasteiger partial charge in [0.2, 0.25) is 5.89 Å². The lowest BCUT2D eigenvalue weighted by Gasteiger charge is -2.22. The summed E-state index contributed by atoms with van der Waals surface area (Å²) in [4.78, 5) is 4.60. The van der Waals surface area contributed by atoms with Crippen molar-refractivity contribution in [1.29, 1.82) is 0 Å². The molecule has 2 heterocycles. The predicted octanol–water partition coefficient (Wildman–Crippen LogP) is 4.66. The zero-order valence-electron chi connectivity index (χ0n) is 14.9. The van der Waals surface area contributed by atoms with Crippen molar-refractivity contribution in [3.05, 3.63) is 53.7 Å². The highest BCUT2D eigenvalue weighted by atomic mass is 16.5. The number of ether oxygens (including phenoxy) is 1. The molecule has 134 valence electrons. The van der Waals surface area contributed by atoms with E-state index >= 15 is 0 Å². The van der Waals surface area contributed by atoms with Gasteiger partial charge in [-0.25, -0.2) is 0 Å². The van der Waals surface area contributed by atoms with Crippen LogP contribution in [0.3, 0.4) is 0 Å². The number of hydrogen-bond acceptors (Lipinski definition) is 5. The summed E-state index contributed by atoms with van der Waals surface area (Å²) in [6.07, 6.45) is 4.41. The molecule has 0 amide bonds. The van der Waals surface area contributed by atoms with Gasteiger partial charge in [0.25, 0.3) is 0 Å². The van der Waals surface area contributed by atoms with Gasteiger partial charge in [-0.15, -0.1) is 0 Å². The molecule has 2 unspecified atom stereocenters. The quantitative estimate of drug-likeness (QED) is 0.742. The van der Waals surface area contributed by atoms with Crippen LogP contribution in [0, 0.1) is 0 Å². The predicted molar refractivity (Wildman–Crippen MR) is 99.2 cm³/mol. The summed E-state index contributed by atoms with van der Waals surface area (Å²) >= 11 is 0. The van der Waals surface area contributed by atoms with Gasteiger partial charge in [0.05, 0.1) is 12.6 Å². The molecule has 1 aromatic heterocycles. The van der Waals surface area contributed by atoms with Crippen LogP contribution in [0.1, 0.15) is 67.9 Å². The van der Waals surface area contributed by atoms with Crippen molar-refractivity contribution in [3.63, 3.8) is 0 Å². The molecular weight excluding hydrogens is 326 g/mol. The Morgan fingerprint density at radius 2 is 2.00 bits per heavy atom. The first-order valence-corrected chi connectivity index (χ1v) is 9.53. The largest absolute Gasteiger partial charge is 0.493 e. The number of rotatable bonds is 4. The van der Waals surface area contributed by atoms with Crippen LogP contribution in [0.15, 0.2) is 40.9 Å². The Balaban J connectivity index is 1.44. The fraction of sp³-hybridized carbons (Fsp3) is 0.429. The topological polar surface area (TPSA) is 60.2 Å². The molecule has 2 atom stereocenters. The Morgan fingerprint density at radius 3 is 2.88 bits per heavy atom. The van der Waals surface area contributed by atoms with Crippen LogP contribution in [0.2, 0.25) is 0 Å². The van der Waals surface area contributed by atoms with Crippen molar-refractivity contribution in [2.24, 2.45) is 0 Å². The number of benzene rings is 2. The standard InChI is InChI=1S/C21H23N3O2/c1-13(21-23-20(24-26-21)15-8-9-15)22-18-7-4-12-25-19-16-6-3-2-5-14(16)10-11-17(18)19/h2-3,5-6,10-11,13,15,18,22H,4,7-9,12H2,1H3. The zero-order chi connectivity index (χ0) is 17.5. The number of aromatic nitrogens is 2. The van der Waals surface area contributed by atoms with Gasteiger partial charge in [0.1, 0.15) is 5.75 Å². The van der Waals surface area contributed by atoms with Gasteiger partial charge in [0, 0.05) is 22.9 Å². The number of fused-ring (bicyclic) bond motifs is 3. The van der Waals surface area contributed by atoms with Gasteiger partial charge in [-0.05, 0) is 38.0 Å². The molecule has 2 aromatic carbocycles. The number of nitrogens with zero attached hydrogens (tertiary/aromatic N) is 2. The van der Waals surface area contributed by atoms with E-state index in [1.165, 1.54) is 29.2 Å². The smallest absolute Gasteiger partial charge is 0.243 e. The molecule has 5 nitrogen and oxygen atoms in total. The maximum Gasteiger partial charge on any atom is 0.243 e. The minimum absolute atomic E-state index is 0.0115. The SMILES string of the molecule is CC(NC1CCCOc2c1ccc1ccccc21)c1nc(C2CC2)no1. The summed E-state index contributed by atoms with van der Waals surface area (Å²) in [5.74, 6) is 3.07. The number of hydrogen-bond donors (Lipinski definition) is 1. The Morgan fingerprint density at radius 1 is 1.12 bits per heavy atom. The summed E-state index contributed by atoms with van der Waals surface area (Å²) in [6, 6.07) is 13.0. The van der Waals surface area contributed by atoms with Crippen molar-refractivity contribution < 1.29 is 9.26 Å². The zero-order valence-corrected chi connectivity index (χ0v) is 14.9. The summed E-state index contributed by atoms with van der Waals surface area (Å²) < 4.78 is 11.6. The van der Waals surface area contributed by atoms with Crippen LogP contribution in [0.5, 0.6) is 5.75 Å². The molecule has 1 fully saturated rings. The maximum atomic E-state index is 6.13. The van der Waals surface area contributed by atoms with E-state index < -0.39 is 0 Å².